The van der Waals surface area contributed by atoms with E-state index in [1.165, 1.54) is 12.1 Å². The van der Waals surface area contributed by atoms with E-state index in [0.29, 0.717) is 5.15 Å². The highest BCUT2D eigenvalue weighted by Gasteiger charge is 2.05. The summed E-state index contributed by atoms with van der Waals surface area (Å²) in [5.41, 5.74) is 1.57. The van der Waals surface area contributed by atoms with Gasteiger partial charge in [-0.1, -0.05) is 23.7 Å². The van der Waals surface area contributed by atoms with Crippen molar-refractivity contribution in [3.8, 4) is 11.3 Å². The van der Waals surface area contributed by atoms with Crippen LogP contribution in [0, 0.1) is 5.82 Å². The van der Waals surface area contributed by atoms with Crippen LogP contribution in [0.4, 0.5) is 4.39 Å². The standard InChI is InChI=1S/C10H8ClFN2/c1-14-9(6-10(11)13-14)7-3-2-4-8(12)5-7/h2-6H,1H3. The molecule has 1 heterocycles. The second kappa shape index (κ2) is 3.42. The van der Waals surface area contributed by atoms with Gasteiger partial charge in [0, 0.05) is 18.7 Å². The van der Waals surface area contributed by atoms with Crippen molar-refractivity contribution in [2.24, 2.45) is 7.05 Å². The van der Waals surface area contributed by atoms with E-state index in [1.54, 1.807) is 23.9 Å². The lowest BCUT2D eigenvalue weighted by Gasteiger charge is -2.00. The number of hydrogen-bond acceptors (Lipinski definition) is 1. The number of aromatic nitrogens is 2. The summed E-state index contributed by atoms with van der Waals surface area (Å²) in [4.78, 5) is 0. The fourth-order valence-corrected chi connectivity index (χ4v) is 1.57. The molecule has 2 rings (SSSR count). The van der Waals surface area contributed by atoms with Crippen molar-refractivity contribution in [2.45, 2.75) is 0 Å². The number of hydrogen-bond donors (Lipinski definition) is 0. The number of aryl methyl sites for hydroxylation is 1. The Morgan fingerprint density at radius 2 is 2.14 bits per heavy atom. The molecule has 1 aromatic heterocycles. The molecule has 2 nitrogen and oxygen atoms in total. The molecule has 0 saturated heterocycles. The van der Waals surface area contributed by atoms with Crippen molar-refractivity contribution < 1.29 is 4.39 Å². The van der Waals surface area contributed by atoms with E-state index in [0.717, 1.165) is 11.3 Å². The van der Waals surface area contributed by atoms with Crippen molar-refractivity contribution in [1.82, 2.24) is 9.78 Å². The molecule has 1 aromatic carbocycles. The van der Waals surface area contributed by atoms with Crippen LogP contribution in [0.2, 0.25) is 5.15 Å². The summed E-state index contributed by atoms with van der Waals surface area (Å²) in [5, 5.41) is 4.39. The zero-order chi connectivity index (χ0) is 10.1. The Balaban J connectivity index is 2.54. The summed E-state index contributed by atoms with van der Waals surface area (Å²) in [7, 11) is 1.77. The predicted molar refractivity (Wildman–Crippen MR) is 53.6 cm³/mol. The minimum atomic E-state index is -0.264. The number of rotatable bonds is 1. The third-order valence-electron chi connectivity index (χ3n) is 1.97. The van der Waals surface area contributed by atoms with Crippen LogP contribution in [-0.2, 0) is 7.05 Å². The lowest BCUT2D eigenvalue weighted by molar-refractivity contribution is 0.628. The summed E-state index contributed by atoms with van der Waals surface area (Å²) in [6.45, 7) is 0. The molecule has 0 spiro atoms. The van der Waals surface area contributed by atoms with Gasteiger partial charge in [0.2, 0.25) is 0 Å². The van der Waals surface area contributed by atoms with Crippen molar-refractivity contribution in [3.05, 3.63) is 41.3 Å². The van der Waals surface area contributed by atoms with Gasteiger partial charge >= 0.3 is 0 Å². The van der Waals surface area contributed by atoms with Gasteiger partial charge in [-0.05, 0) is 12.1 Å². The van der Waals surface area contributed by atoms with Gasteiger partial charge in [-0.25, -0.2) is 4.39 Å². The topological polar surface area (TPSA) is 17.8 Å². The maximum absolute atomic E-state index is 12.9. The van der Waals surface area contributed by atoms with Crippen LogP contribution in [0.15, 0.2) is 30.3 Å². The van der Waals surface area contributed by atoms with Gasteiger partial charge in [-0.2, -0.15) is 5.10 Å². The molecule has 0 unspecified atom stereocenters. The summed E-state index contributed by atoms with van der Waals surface area (Å²) in [6, 6.07) is 8.03. The van der Waals surface area contributed by atoms with E-state index in [-0.39, 0.29) is 5.82 Å². The lowest BCUT2D eigenvalue weighted by Crippen LogP contribution is -1.93. The van der Waals surface area contributed by atoms with E-state index in [1.807, 2.05) is 6.07 Å². The Bertz CT molecular complexity index is 465. The predicted octanol–water partition coefficient (Wildman–Crippen LogP) is 2.88. The molecule has 14 heavy (non-hydrogen) atoms. The maximum atomic E-state index is 12.9. The molecule has 0 fully saturated rings. The van der Waals surface area contributed by atoms with Crippen LogP contribution in [0.25, 0.3) is 11.3 Å². The Hall–Kier alpha value is -1.35. The fourth-order valence-electron chi connectivity index (χ4n) is 1.35. The van der Waals surface area contributed by atoms with Crippen molar-refractivity contribution in [3.63, 3.8) is 0 Å². The van der Waals surface area contributed by atoms with Crippen LogP contribution in [-0.4, -0.2) is 9.78 Å². The normalized spacial score (nSPS) is 10.5. The van der Waals surface area contributed by atoms with Crippen LogP contribution >= 0.6 is 11.6 Å². The van der Waals surface area contributed by atoms with Gasteiger partial charge in [-0.3, -0.25) is 4.68 Å². The molecule has 0 N–H and O–H groups in total. The van der Waals surface area contributed by atoms with E-state index >= 15 is 0 Å². The average molecular weight is 211 g/mol. The van der Waals surface area contributed by atoms with Gasteiger partial charge in [0.05, 0.1) is 5.69 Å². The van der Waals surface area contributed by atoms with Crippen LogP contribution in [0.5, 0.6) is 0 Å². The van der Waals surface area contributed by atoms with Crippen LogP contribution < -0.4 is 0 Å². The third-order valence-corrected chi connectivity index (χ3v) is 2.16. The fraction of sp³-hybridized carbons (Fsp3) is 0.100. The van der Waals surface area contributed by atoms with E-state index < -0.39 is 0 Å². The maximum Gasteiger partial charge on any atom is 0.151 e. The summed E-state index contributed by atoms with van der Waals surface area (Å²) in [6.07, 6.45) is 0. The van der Waals surface area contributed by atoms with Crippen LogP contribution in [0.3, 0.4) is 0 Å². The smallest absolute Gasteiger partial charge is 0.151 e. The zero-order valence-electron chi connectivity index (χ0n) is 7.54. The Kier molecular flexibility index (Phi) is 2.25. The van der Waals surface area contributed by atoms with Crippen molar-refractivity contribution in [2.75, 3.05) is 0 Å². The molecule has 0 aliphatic rings. The first-order chi connectivity index (χ1) is 6.66. The highest BCUT2D eigenvalue weighted by atomic mass is 35.5. The zero-order valence-corrected chi connectivity index (χ0v) is 8.29. The number of halogens is 2. The Morgan fingerprint density at radius 1 is 1.36 bits per heavy atom. The first kappa shape index (κ1) is 9.21. The Labute approximate surface area is 85.9 Å². The van der Waals surface area contributed by atoms with Gasteiger partial charge < -0.3 is 0 Å². The van der Waals surface area contributed by atoms with Gasteiger partial charge in [0.25, 0.3) is 0 Å². The van der Waals surface area contributed by atoms with Gasteiger partial charge in [-0.15, -0.1) is 0 Å². The average Bonchev–Trinajstić information content (AvgIpc) is 2.45. The molecule has 0 atom stereocenters. The Morgan fingerprint density at radius 3 is 2.71 bits per heavy atom. The molecular formula is C10H8ClFN2. The molecule has 0 aliphatic heterocycles. The first-order valence-electron chi connectivity index (χ1n) is 4.12. The monoisotopic (exact) mass is 210 g/mol. The first-order valence-corrected chi connectivity index (χ1v) is 4.50. The van der Waals surface area contributed by atoms with E-state index in [2.05, 4.69) is 5.10 Å². The highest BCUT2D eigenvalue weighted by molar-refractivity contribution is 6.29. The van der Waals surface area contributed by atoms with Gasteiger partial charge in [0.1, 0.15) is 5.82 Å². The molecule has 72 valence electrons. The summed E-state index contributed by atoms with van der Waals surface area (Å²) in [5.74, 6) is -0.264. The molecule has 0 amide bonds. The number of benzene rings is 1. The lowest BCUT2D eigenvalue weighted by atomic mass is 10.1. The molecular weight excluding hydrogens is 203 g/mol. The number of nitrogens with zero attached hydrogens (tertiary/aromatic N) is 2. The minimum absolute atomic E-state index is 0.264. The molecule has 0 radical (unpaired) electrons. The third kappa shape index (κ3) is 1.63. The van der Waals surface area contributed by atoms with E-state index in [4.69, 9.17) is 11.6 Å². The minimum Gasteiger partial charge on any atom is -0.266 e. The molecule has 0 saturated carbocycles. The highest BCUT2D eigenvalue weighted by Crippen LogP contribution is 2.22. The second-order valence-corrected chi connectivity index (χ2v) is 3.37. The molecule has 2 aromatic rings. The van der Waals surface area contributed by atoms with E-state index in [9.17, 15) is 4.39 Å². The van der Waals surface area contributed by atoms with Crippen molar-refractivity contribution in [1.29, 1.82) is 0 Å². The molecule has 0 bridgehead atoms. The van der Waals surface area contributed by atoms with Gasteiger partial charge in [0.15, 0.2) is 5.15 Å². The molecule has 0 aliphatic carbocycles. The SMILES string of the molecule is Cn1nc(Cl)cc1-c1cccc(F)c1. The quantitative estimate of drug-likeness (QED) is 0.708. The summed E-state index contributed by atoms with van der Waals surface area (Å²) >= 11 is 5.73. The largest absolute Gasteiger partial charge is 0.266 e. The molecule has 4 heteroatoms. The van der Waals surface area contributed by atoms with Crippen LogP contribution in [0.1, 0.15) is 0 Å². The van der Waals surface area contributed by atoms with Crippen molar-refractivity contribution >= 4 is 11.6 Å². The summed E-state index contributed by atoms with van der Waals surface area (Å²) < 4.78 is 14.6. The second-order valence-electron chi connectivity index (χ2n) is 2.99.